The molecule has 0 amide bonds. The standard InChI is InChI=1S/C10H7F8N.ClH/c11-8(12)7(19)4-1-5(9(13,14)15)3-6(2-4)10(16,17)18;/h1-3,7-8H,19H2;1H/t7-;/m1./s1. The van der Waals surface area contributed by atoms with Crippen LogP contribution in [0.5, 0.6) is 0 Å². The molecule has 0 unspecified atom stereocenters. The SMILES string of the molecule is Cl.N[C@H](c1cc(C(F)(F)F)cc(C(F)(F)F)c1)C(F)F. The molecule has 0 saturated carbocycles. The fourth-order valence-corrected chi connectivity index (χ4v) is 1.32. The number of hydrogen-bond acceptors (Lipinski definition) is 1. The predicted octanol–water partition coefficient (Wildman–Crippen LogP) is 4.41. The van der Waals surface area contributed by atoms with Gasteiger partial charge < -0.3 is 5.73 Å². The fraction of sp³-hybridized carbons (Fsp3) is 0.400. The second-order valence-electron chi connectivity index (χ2n) is 3.70. The Morgan fingerprint density at radius 1 is 0.800 bits per heavy atom. The maximum Gasteiger partial charge on any atom is 0.416 e. The van der Waals surface area contributed by atoms with Gasteiger partial charge in [0.2, 0.25) is 0 Å². The first kappa shape index (κ1) is 18.9. The molecule has 0 bridgehead atoms. The molecule has 1 aromatic rings. The zero-order valence-electron chi connectivity index (χ0n) is 9.40. The molecule has 0 aliphatic heterocycles. The maximum absolute atomic E-state index is 12.4. The highest BCUT2D eigenvalue weighted by Gasteiger charge is 2.37. The van der Waals surface area contributed by atoms with Crippen LogP contribution in [0.4, 0.5) is 35.1 Å². The Hall–Kier alpha value is -1.09. The number of rotatable bonds is 2. The van der Waals surface area contributed by atoms with Crippen molar-refractivity contribution >= 4 is 12.4 Å². The molecule has 0 spiro atoms. The van der Waals surface area contributed by atoms with Crippen LogP contribution in [0, 0.1) is 0 Å². The van der Waals surface area contributed by atoms with Gasteiger partial charge in [-0.25, -0.2) is 8.78 Å². The Bertz CT molecular complexity index is 421. The quantitative estimate of drug-likeness (QED) is 0.799. The fourth-order valence-electron chi connectivity index (χ4n) is 1.32. The molecule has 0 aliphatic carbocycles. The van der Waals surface area contributed by atoms with Gasteiger partial charge in [-0.15, -0.1) is 12.4 Å². The molecule has 0 radical (unpaired) electrons. The van der Waals surface area contributed by atoms with Gasteiger partial charge in [-0.1, -0.05) is 0 Å². The van der Waals surface area contributed by atoms with E-state index in [1.54, 1.807) is 0 Å². The Balaban J connectivity index is 0.00000361. The molecule has 0 aromatic heterocycles. The van der Waals surface area contributed by atoms with Crippen LogP contribution in [0.15, 0.2) is 18.2 Å². The molecule has 1 atom stereocenters. The molecule has 2 N–H and O–H groups in total. The molecule has 1 rings (SSSR count). The summed E-state index contributed by atoms with van der Waals surface area (Å²) in [5.41, 5.74) is 0.613. The molecule has 0 aliphatic rings. The van der Waals surface area contributed by atoms with E-state index < -0.39 is 41.5 Å². The van der Waals surface area contributed by atoms with Gasteiger partial charge in [-0.3, -0.25) is 0 Å². The molecule has 0 fully saturated rings. The van der Waals surface area contributed by atoms with E-state index in [1.807, 2.05) is 0 Å². The van der Waals surface area contributed by atoms with Crippen molar-refractivity contribution in [1.29, 1.82) is 0 Å². The maximum atomic E-state index is 12.4. The molecular formula is C10H8ClF8N. The average Bonchev–Trinajstić information content (AvgIpc) is 2.24. The van der Waals surface area contributed by atoms with Crippen molar-refractivity contribution in [1.82, 2.24) is 0 Å². The minimum absolute atomic E-state index is 0. The van der Waals surface area contributed by atoms with Crippen LogP contribution in [0.3, 0.4) is 0 Å². The summed E-state index contributed by atoms with van der Waals surface area (Å²) in [4.78, 5) is 0. The average molecular weight is 330 g/mol. The predicted molar refractivity (Wildman–Crippen MR) is 56.6 cm³/mol. The van der Waals surface area contributed by atoms with Crippen molar-refractivity contribution in [3.05, 3.63) is 34.9 Å². The highest BCUT2D eigenvalue weighted by atomic mass is 35.5. The lowest BCUT2D eigenvalue weighted by Gasteiger charge is -2.17. The summed E-state index contributed by atoms with van der Waals surface area (Å²) in [7, 11) is 0. The van der Waals surface area contributed by atoms with Gasteiger partial charge in [0.25, 0.3) is 6.43 Å². The van der Waals surface area contributed by atoms with E-state index in [0.29, 0.717) is 0 Å². The van der Waals surface area contributed by atoms with Crippen molar-refractivity contribution in [2.24, 2.45) is 5.73 Å². The van der Waals surface area contributed by atoms with Crippen LogP contribution >= 0.6 is 12.4 Å². The lowest BCUT2D eigenvalue weighted by Crippen LogP contribution is -2.21. The zero-order valence-corrected chi connectivity index (χ0v) is 10.2. The lowest BCUT2D eigenvalue weighted by atomic mass is 10.0. The van der Waals surface area contributed by atoms with Crippen LogP contribution in [0.1, 0.15) is 22.7 Å². The van der Waals surface area contributed by atoms with Crippen molar-refractivity contribution in [2.45, 2.75) is 24.8 Å². The second-order valence-corrected chi connectivity index (χ2v) is 3.70. The molecule has 1 nitrogen and oxygen atoms in total. The molecule has 20 heavy (non-hydrogen) atoms. The molecular weight excluding hydrogens is 322 g/mol. The monoisotopic (exact) mass is 329 g/mol. The first-order valence-corrected chi connectivity index (χ1v) is 4.76. The minimum atomic E-state index is -5.09. The van der Waals surface area contributed by atoms with Gasteiger partial charge in [0.1, 0.15) is 0 Å². The third-order valence-corrected chi connectivity index (χ3v) is 2.27. The summed E-state index contributed by atoms with van der Waals surface area (Å²) in [5.74, 6) is 0. The van der Waals surface area contributed by atoms with Crippen molar-refractivity contribution in [3.63, 3.8) is 0 Å². The zero-order chi connectivity index (χ0) is 15.0. The number of nitrogens with two attached hydrogens (primary N) is 1. The van der Waals surface area contributed by atoms with Gasteiger partial charge in [0.15, 0.2) is 0 Å². The first-order valence-electron chi connectivity index (χ1n) is 4.76. The van der Waals surface area contributed by atoms with E-state index in [-0.39, 0.29) is 30.6 Å². The van der Waals surface area contributed by atoms with Crippen LogP contribution in [-0.2, 0) is 12.4 Å². The number of halogens is 9. The molecule has 116 valence electrons. The highest BCUT2D eigenvalue weighted by Crippen LogP contribution is 2.37. The Morgan fingerprint density at radius 2 is 1.15 bits per heavy atom. The van der Waals surface area contributed by atoms with Crippen molar-refractivity contribution < 1.29 is 35.1 Å². The number of benzene rings is 1. The third kappa shape index (κ3) is 4.48. The van der Waals surface area contributed by atoms with Gasteiger partial charge in [-0.2, -0.15) is 26.3 Å². The highest BCUT2D eigenvalue weighted by molar-refractivity contribution is 5.85. The van der Waals surface area contributed by atoms with Gasteiger partial charge >= 0.3 is 12.4 Å². The van der Waals surface area contributed by atoms with Crippen LogP contribution < -0.4 is 5.73 Å². The van der Waals surface area contributed by atoms with Crippen LogP contribution in [-0.4, -0.2) is 6.43 Å². The van der Waals surface area contributed by atoms with E-state index in [1.165, 1.54) is 0 Å². The van der Waals surface area contributed by atoms with E-state index in [4.69, 9.17) is 5.73 Å². The number of alkyl halides is 8. The molecule has 0 saturated heterocycles. The Kier molecular flexibility index (Phi) is 5.79. The van der Waals surface area contributed by atoms with E-state index >= 15 is 0 Å². The number of hydrogen-bond donors (Lipinski definition) is 1. The minimum Gasteiger partial charge on any atom is -0.319 e. The normalized spacial score (nSPS) is 14.1. The Labute approximate surface area is 114 Å². The smallest absolute Gasteiger partial charge is 0.319 e. The van der Waals surface area contributed by atoms with Gasteiger partial charge in [-0.05, 0) is 23.8 Å². The van der Waals surface area contributed by atoms with Crippen molar-refractivity contribution in [3.8, 4) is 0 Å². The van der Waals surface area contributed by atoms with Gasteiger partial charge in [0.05, 0.1) is 17.2 Å². The van der Waals surface area contributed by atoms with Crippen LogP contribution in [0.25, 0.3) is 0 Å². The summed E-state index contributed by atoms with van der Waals surface area (Å²) in [6, 6.07) is -2.00. The largest absolute Gasteiger partial charge is 0.416 e. The van der Waals surface area contributed by atoms with E-state index in [9.17, 15) is 35.1 Å². The molecule has 10 heteroatoms. The van der Waals surface area contributed by atoms with E-state index in [2.05, 4.69) is 0 Å². The summed E-state index contributed by atoms with van der Waals surface area (Å²) < 4.78 is 99.0. The van der Waals surface area contributed by atoms with E-state index in [0.717, 1.165) is 0 Å². The topological polar surface area (TPSA) is 26.0 Å². The molecule has 1 aromatic carbocycles. The second kappa shape index (κ2) is 6.13. The lowest BCUT2D eigenvalue weighted by molar-refractivity contribution is -0.143. The Morgan fingerprint density at radius 3 is 1.40 bits per heavy atom. The van der Waals surface area contributed by atoms with Crippen molar-refractivity contribution in [2.75, 3.05) is 0 Å². The van der Waals surface area contributed by atoms with Gasteiger partial charge in [0, 0.05) is 0 Å². The summed E-state index contributed by atoms with van der Waals surface area (Å²) in [6.07, 6.45) is -13.4. The summed E-state index contributed by atoms with van der Waals surface area (Å²) in [5, 5.41) is 0. The summed E-state index contributed by atoms with van der Waals surface area (Å²) >= 11 is 0. The summed E-state index contributed by atoms with van der Waals surface area (Å²) in [6.45, 7) is 0. The van der Waals surface area contributed by atoms with Crippen LogP contribution in [0.2, 0.25) is 0 Å². The first-order chi connectivity index (χ1) is 8.43. The third-order valence-electron chi connectivity index (χ3n) is 2.27. The molecule has 0 heterocycles.